The van der Waals surface area contributed by atoms with Crippen LogP contribution in [0.4, 0.5) is 0 Å². The molecule has 0 bridgehead atoms. The van der Waals surface area contributed by atoms with E-state index in [1.807, 2.05) is 0 Å². The van der Waals surface area contributed by atoms with Gasteiger partial charge < -0.3 is 18.5 Å². The number of hydrogen-bond donors (Lipinski definition) is 0. The monoisotopic (exact) mass is 268 g/mol. The molecule has 0 aliphatic rings. The first-order valence-electron chi connectivity index (χ1n) is 5.60. The normalized spacial score (nSPS) is 11.5. The van der Waals surface area contributed by atoms with Crippen LogP contribution in [0.15, 0.2) is 0 Å². The first kappa shape index (κ1) is 16.6. The molecule has 0 saturated carbocycles. The second kappa shape index (κ2) is 9.59. The molecule has 0 aromatic heterocycles. The van der Waals surface area contributed by atoms with Crippen molar-refractivity contribution >= 4 is 13.6 Å². The minimum absolute atomic E-state index is 0.230. The van der Waals surface area contributed by atoms with E-state index in [1.165, 1.54) is 0 Å². The lowest BCUT2D eigenvalue weighted by atomic mass is 10.5. The summed E-state index contributed by atoms with van der Waals surface area (Å²) >= 11 is 0. The van der Waals surface area contributed by atoms with E-state index >= 15 is 0 Å². The van der Waals surface area contributed by atoms with E-state index in [0.717, 1.165) is 0 Å². The SMILES string of the molecule is CCOP(=O)(CC(=O)OCCCOC)OCC. The van der Waals surface area contributed by atoms with Gasteiger partial charge in [0.05, 0.1) is 19.8 Å². The van der Waals surface area contributed by atoms with Gasteiger partial charge in [-0.15, -0.1) is 0 Å². The Morgan fingerprint density at radius 2 is 1.71 bits per heavy atom. The summed E-state index contributed by atoms with van der Waals surface area (Å²) in [6, 6.07) is 0. The Balaban J connectivity index is 3.99. The molecule has 6 nitrogen and oxygen atoms in total. The molecule has 0 aliphatic carbocycles. The van der Waals surface area contributed by atoms with Crippen LogP contribution in [-0.4, -0.2) is 45.7 Å². The van der Waals surface area contributed by atoms with E-state index in [-0.39, 0.29) is 26.0 Å². The van der Waals surface area contributed by atoms with Gasteiger partial charge in [-0.1, -0.05) is 0 Å². The number of carbonyl (C=O) groups is 1. The summed E-state index contributed by atoms with van der Waals surface area (Å²) in [7, 11) is -1.77. The summed E-state index contributed by atoms with van der Waals surface area (Å²) in [4.78, 5) is 11.4. The molecule has 0 radical (unpaired) electrons. The lowest BCUT2D eigenvalue weighted by Gasteiger charge is -2.15. The van der Waals surface area contributed by atoms with Gasteiger partial charge in [-0.2, -0.15) is 0 Å². The third-order valence-electron chi connectivity index (χ3n) is 1.73. The minimum atomic E-state index is -3.34. The molecule has 0 N–H and O–H groups in total. The fraction of sp³-hybridized carbons (Fsp3) is 0.900. The van der Waals surface area contributed by atoms with Crippen molar-refractivity contribution in [1.29, 1.82) is 0 Å². The van der Waals surface area contributed by atoms with Crippen LogP contribution in [0.2, 0.25) is 0 Å². The van der Waals surface area contributed by atoms with E-state index in [4.69, 9.17) is 18.5 Å². The Bertz CT molecular complexity index is 245. The van der Waals surface area contributed by atoms with E-state index in [9.17, 15) is 9.36 Å². The number of rotatable bonds is 10. The van der Waals surface area contributed by atoms with E-state index < -0.39 is 13.6 Å². The lowest BCUT2D eigenvalue weighted by Crippen LogP contribution is -2.14. The molecule has 0 aliphatic heterocycles. The summed E-state index contributed by atoms with van der Waals surface area (Å²) in [6.07, 6.45) is 0.261. The van der Waals surface area contributed by atoms with Gasteiger partial charge in [0.2, 0.25) is 0 Å². The van der Waals surface area contributed by atoms with Crippen LogP contribution < -0.4 is 0 Å². The number of carbonyl (C=O) groups excluding carboxylic acids is 1. The van der Waals surface area contributed by atoms with Gasteiger partial charge >= 0.3 is 13.6 Å². The van der Waals surface area contributed by atoms with Gasteiger partial charge in [0.15, 0.2) is 0 Å². The predicted molar refractivity (Wildman–Crippen MR) is 63.2 cm³/mol. The summed E-state index contributed by atoms with van der Waals surface area (Å²) in [5.41, 5.74) is 0. The van der Waals surface area contributed by atoms with Crippen LogP contribution in [0.5, 0.6) is 0 Å². The zero-order chi connectivity index (χ0) is 13.1. The van der Waals surface area contributed by atoms with Crippen LogP contribution >= 0.6 is 7.60 Å². The molecule has 0 saturated heterocycles. The third kappa shape index (κ3) is 8.32. The van der Waals surface area contributed by atoms with Gasteiger partial charge in [0.25, 0.3) is 0 Å². The second-order valence-electron chi connectivity index (χ2n) is 3.17. The molecule has 0 atom stereocenters. The number of hydrogen-bond acceptors (Lipinski definition) is 6. The second-order valence-corrected chi connectivity index (χ2v) is 5.23. The van der Waals surface area contributed by atoms with Gasteiger partial charge in [0, 0.05) is 20.1 Å². The lowest BCUT2D eigenvalue weighted by molar-refractivity contribution is -0.141. The van der Waals surface area contributed by atoms with E-state index in [0.29, 0.717) is 13.0 Å². The maximum Gasteiger partial charge on any atom is 0.341 e. The number of ether oxygens (including phenoxy) is 2. The Morgan fingerprint density at radius 1 is 1.12 bits per heavy atom. The largest absolute Gasteiger partial charge is 0.465 e. The highest BCUT2D eigenvalue weighted by molar-refractivity contribution is 7.54. The highest BCUT2D eigenvalue weighted by Crippen LogP contribution is 2.47. The van der Waals surface area contributed by atoms with Crippen molar-refractivity contribution in [3.8, 4) is 0 Å². The Morgan fingerprint density at radius 3 is 2.18 bits per heavy atom. The summed E-state index contributed by atoms with van der Waals surface area (Å²) in [5, 5.41) is 0. The minimum Gasteiger partial charge on any atom is -0.465 e. The van der Waals surface area contributed by atoms with Crippen LogP contribution in [0.25, 0.3) is 0 Å². The standard InChI is InChI=1S/C10H21O6P/c1-4-15-17(12,16-5-2)9-10(11)14-8-6-7-13-3/h4-9H2,1-3H3. The van der Waals surface area contributed by atoms with Crippen LogP contribution in [0.3, 0.4) is 0 Å². The quantitative estimate of drug-likeness (QED) is 0.342. The molecule has 0 amide bonds. The topological polar surface area (TPSA) is 71.1 Å². The average Bonchev–Trinajstić information content (AvgIpc) is 2.24. The molecular weight excluding hydrogens is 247 g/mol. The Hall–Kier alpha value is -0.420. The zero-order valence-electron chi connectivity index (χ0n) is 10.6. The molecule has 0 heterocycles. The van der Waals surface area contributed by atoms with Crippen LogP contribution in [0, 0.1) is 0 Å². The van der Waals surface area contributed by atoms with Crippen LogP contribution in [-0.2, 0) is 27.9 Å². The molecule has 102 valence electrons. The molecule has 0 spiro atoms. The van der Waals surface area contributed by atoms with Crippen molar-refractivity contribution in [2.75, 3.05) is 39.7 Å². The Labute approximate surface area is 102 Å². The highest BCUT2D eigenvalue weighted by Gasteiger charge is 2.28. The van der Waals surface area contributed by atoms with Gasteiger partial charge in [-0.05, 0) is 13.8 Å². The molecule has 0 aromatic rings. The predicted octanol–water partition coefficient (Wildman–Crippen LogP) is 1.83. The molecule has 0 aromatic carbocycles. The van der Waals surface area contributed by atoms with Gasteiger partial charge in [-0.3, -0.25) is 9.36 Å². The van der Waals surface area contributed by atoms with Crippen LogP contribution in [0.1, 0.15) is 20.3 Å². The van der Waals surface area contributed by atoms with Crippen molar-refractivity contribution in [3.63, 3.8) is 0 Å². The van der Waals surface area contributed by atoms with E-state index in [2.05, 4.69) is 0 Å². The maximum absolute atomic E-state index is 11.9. The highest BCUT2D eigenvalue weighted by atomic mass is 31.2. The third-order valence-corrected chi connectivity index (χ3v) is 3.68. The van der Waals surface area contributed by atoms with Crippen molar-refractivity contribution in [2.45, 2.75) is 20.3 Å². The smallest absolute Gasteiger partial charge is 0.341 e. The fourth-order valence-corrected chi connectivity index (χ4v) is 2.57. The average molecular weight is 268 g/mol. The Kier molecular flexibility index (Phi) is 9.36. The molecule has 0 rings (SSSR count). The number of esters is 1. The summed E-state index contributed by atoms with van der Waals surface area (Å²) in [6.45, 7) is 4.60. The molecule has 0 fully saturated rings. The molecule has 17 heavy (non-hydrogen) atoms. The van der Waals surface area contributed by atoms with Crippen molar-refractivity contribution in [2.24, 2.45) is 0 Å². The van der Waals surface area contributed by atoms with Crippen molar-refractivity contribution < 1.29 is 27.9 Å². The fourth-order valence-electron chi connectivity index (χ4n) is 1.11. The number of methoxy groups -OCH3 is 1. The van der Waals surface area contributed by atoms with Gasteiger partial charge in [0.1, 0.15) is 6.16 Å². The summed E-state index contributed by atoms with van der Waals surface area (Å²) in [5.74, 6) is -0.577. The molecule has 0 unspecified atom stereocenters. The molecular formula is C10H21O6P. The first-order chi connectivity index (χ1) is 8.08. The summed E-state index contributed by atoms with van der Waals surface area (Å²) < 4.78 is 31.6. The maximum atomic E-state index is 11.9. The first-order valence-corrected chi connectivity index (χ1v) is 7.33. The zero-order valence-corrected chi connectivity index (χ0v) is 11.5. The van der Waals surface area contributed by atoms with Crippen molar-refractivity contribution in [1.82, 2.24) is 0 Å². The van der Waals surface area contributed by atoms with Crippen molar-refractivity contribution in [3.05, 3.63) is 0 Å². The van der Waals surface area contributed by atoms with Gasteiger partial charge in [-0.25, -0.2) is 0 Å². The molecule has 7 heteroatoms. The van der Waals surface area contributed by atoms with E-state index in [1.54, 1.807) is 21.0 Å².